The summed E-state index contributed by atoms with van der Waals surface area (Å²) in [4.78, 5) is 17.4. The van der Waals surface area contributed by atoms with E-state index in [2.05, 4.69) is 15.1 Å². The lowest BCUT2D eigenvalue weighted by atomic mass is 10.1. The number of amides is 1. The first-order valence-corrected chi connectivity index (χ1v) is 9.31. The number of nitrogens with zero attached hydrogens (tertiary/aromatic N) is 2. The highest BCUT2D eigenvalue weighted by molar-refractivity contribution is 5.94. The van der Waals surface area contributed by atoms with E-state index in [1.54, 1.807) is 0 Å². The summed E-state index contributed by atoms with van der Waals surface area (Å²) < 4.78 is 10.9. The number of hydrogen-bond donors (Lipinski definition) is 1. The molecule has 2 aliphatic heterocycles. The highest BCUT2D eigenvalue weighted by Crippen LogP contribution is 2.15. The molecule has 25 heavy (non-hydrogen) atoms. The second-order valence-corrected chi connectivity index (χ2v) is 6.67. The normalized spacial score (nSPS) is 22.0. The molecule has 0 bridgehead atoms. The predicted octanol–water partition coefficient (Wildman–Crippen LogP) is 1.22. The molecule has 1 amide bonds. The molecule has 2 aliphatic rings. The van der Waals surface area contributed by atoms with Gasteiger partial charge in [-0.2, -0.15) is 0 Å². The number of nitrogens with one attached hydrogen (secondary N) is 1. The maximum Gasteiger partial charge on any atom is 0.251 e. The molecule has 0 aromatic heterocycles. The van der Waals surface area contributed by atoms with Gasteiger partial charge in [0.15, 0.2) is 0 Å². The summed E-state index contributed by atoms with van der Waals surface area (Å²) in [6, 6.07) is 7.62. The molecule has 0 unspecified atom stereocenters. The van der Waals surface area contributed by atoms with Crippen molar-refractivity contribution in [3.8, 4) is 5.75 Å². The standard InChI is InChI=1S/C19H29N3O3/c1-2-25-18-5-3-4-16(14-18)19(23)20-17-6-7-22(15-17)9-8-21-10-12-24-13-11-21/h3-5,14,17H,2,6-13,15H2,1H3,(H,20,23)/t17-/m0/s1. The molecule has 0 radical (unpaired) electrons. The molecular formula is C19H29N3O3. The maximum atomic E-state index is 12.5. The van der Waals surface area contributed by atoms with Crippen LogP contribution >= 0.6 is 0 Å². The highest BCUT2D eigenvalue weighted by Gasteiger charge is 2.24. The summed E-state index contributed by atoms with van der Waals surface area (Å²) in [5.41, 5.74) is 0.665. The van der Waals surface area contributed by atoms with E-state index in [0.29, 0.717) is 12.2 Å². The SMILES string of the molecule is CCOc1cccc(C(=O)N[C@H]2CCN(CCN3CCOCC3)C2)c1. The first kappa shape index (κ1) is 18.2. The first-order chi connectivity index (χ1) is 12.2. The Hall–Kier alpha value is -1.63. The van der Waals surface area contributed by atoms with Gasteiger partial charge in [-0.15, -0.1) is 0 Å². The lowest BCUT2D eigenvalue weighted by molar-refractivity contribution is 0.0343. The van der Waals surface area contributed by atoms with Gasteiger partial charge in [-0.1, -0.05) is 6.07 Å². The topological polar surface area (TPSA) is 54.0 Å². The van der Waals surface area contributed by atoms with Crippen LogP contribution in [0.4, 0.5) is 0 Å². The highest BCUT2D eigenvalue weighted by atomic mass is 16.5. The van der Waals surface area contributed by atoms with Crippen LogP contribution < -0.4 is 10.1 Å². The monoisotopic (exact) mass is 347 g/mol. The second kappa shape index (κ2) is 9.17. The molecule has 1 aromatic carbocycles. The first-order valence-electron chi connectivity index (χ1n) is 9.31. The molecule has 1 aromatic rings. The van der Waals surface area contributed by atoms with Gasteiger partial charge in [-0.05, 0) is 31.5 Å². The zero-order valence-electron chi connectivity index (χ0n) is 15.1. The predicted molar refractivity (Wildman–Crippen MR) is 97.2 cm³/mol. The summed E-state index contributed by atoms with van der Waals surface area (Å²) in [6.07, 6.45) is 1.01. The third-order valence-corrected chi connectivity index (χ3v) is 4.85. The van der Waals surface area contributed by atoms with Crippen LogP contribution in [0.2, 0.25) is 0 Å². The van der Waals surface area contributed by atoms with Crippen LogP contribution in [0.5, 0.6) is 5.75 Å². The van der Waals surface area contributed by atoms with E-state index in [4.69, 9.17) is 9.47 Å². The van der Waals surface area contributed by atoms with Crippen molar-refractivity contribution in [1.82, 2.24) is 15.1 Å². The molecule has 0 spiro atoms. The summed E-state index contributed by atoms with van der Waals surface area (Å²) >= 11 is 0. The molecule has 2 fully saturated rings. The van der Waals surface area contributed by atoms with Crippen molar-refractivity contribution in [3.05, 3.63) is 29.8 Å². The van der Waals surface area contributed by atoms with E-state index in [1.165, 1.54) is 0 Å². The molecule has 138 valence electrons. The van der Waals surface area contributed by atoms with Crippen molar-refractivity contribution in [1.29, 1.82) is 0 Å². The Morgan fingerprint density at radius 2 is 2.04 bits per heavy atom. The van der Waals surface area contributed by atoms with Gasteiger partial charge in [-0.25, -0.2) is 0 Å². The van der Waals surface area contributed by atoms with Crippen LogP contribution in [-0.2, 0) is 4.74 Å². The Morgan fingerprint density at radius 1 is 1.24 bits per heavy atom. The van der Waals surface area contributed by atoms with Gasteiger partial charge < -0.3 is 14.8 Å². The Balaban J connectivity index is 1.42. The fourth-order valence-electron chi connectivity index (χ4n) is 3.42. The minimum Gasteiger partial charge on any atom is -0.494 e. The quantitative estimate of drug-likeness (QED) is 0.804. The van der Waals surface area contributed by atoms with E-state index in [1.807, 2.05) is 31.2 Å². The molecule has 0 saturated carbocycles. The molecule has 6 heteroatoms. The molecule has 1 atom stereocenters. The number of ether oxygens (including phenoxy) is 2. The zero-order chi connectivity index (χ0) is 17.5. The van der Waals surface area contributed by atoms with Crippen molar-refractivity contribution in [3.63, 3.8) is 0 Å². The maximum absolute atomic E-state index is 12.5. The molecule has 2 saturated heterocycles. The van der Waals surface area contributed by atoms with Gasteiger partial charge in [0.25, 0.3) is 5.91 Å². The van der Waals surface area contributed by atoms with Gasteiger partial charge in [-0.3, -0.25) is 14.6 Å². The van der Waals surface area contributed by atoms with Crippen LogP contribution in [0.3, 0.4) is 0 Å². The summed E-state index contributed by atoms with van der Waals surface area (Å²) in [5, 5.41) is 3.16. The minimum atomic E-state index is -0.0124. The third-order valence-electron chi connectivity index (χ3n) is 4.85. The van der Waals surface area contributed by atoms with Crippen LogP contribution in [0, 0.1) is 0 Å². The smallest absolute Gasteiger partial charge is 0.251 e. The fraction of sp³-hybridized carbons (Fsp3) is 0.632. The van der Waals surface area contributed by atoms with Gasteiger partial charge in [0, 0.05) is 50.9 Å². The fourth-order valence-corrected chi connectivity index (χ4v) is 3.42. The minimum absolute atomic E-state index is 0.0124. The van der Waals surface area contributed by atoms with Gasteiger partial charge >= 0.3 is 0 Å². The van der Waals surface area contributed by atoms with Gasteiger partial charge in [0.05, 0.1) is 19.8 Å². The largest absolute Gasteiger partial charge is 0.494 e. The van der Waals surface area contributed by atoms with Crippen LogP contribution in [0.1, 0.15) is 23.7 Å². The number of benzene rings is 1. The summed E-state index contributed by atoms with van der Waals surface area (Å²) in [6.45, 7) is 10.4. The number of likely N-dealkylation sites (tertiary alicyclic amines) is 1. The van der Waals surface area contributed by atoms with E-state index in [-0.39, 0.29) is 11.9 Å². The number of carbonyl (C=O) groups is 1. The number of morpholine rings is 1. The van der Waals surface area contributed by atoms with Crippen LogP contribution in [-0.4, -0.2) is 80.8 Å². The van der Waals surface area contributed by atoms with Crippen LogP contribution in [0.15, 0.2) is 24.3 Å². The molecule has 1 N–H and O–H groups in total. The van der Waals surface area contributed by atoms with E-state index in [0.717, 1.165) is 64.7 Å². The van der Waals surface area contributed by atoms with E-state index >= 15 is 0 Å². The van der Waals surface area contributed by atoms with Gasteiger partial charge in [0.1, 0.15) is 5.75 Å². The molecule has 6 nitrogen and oxygen atoms in total. The Bertz CT molecular complexity index is 561. The van der Waals surface area contributed by atoms with Crippen LogP contribution in [0.25, 0.3) is 0 Å². The zero-order valence-corrected chi connectivity index (χ0v) is 15.1. The summed E-state index contributed by atoms with van der Waals surface area (Å²) in [7, 11) is 0. The van der Waals surface area contributed by atoms with Crippen molar-refractivity contribution in [2.45, 2.75) is 19.4 Å². The summed E-state index contributed by atoms with van der Waals surface area (Å²) in [5.74, 6) is 0.732. The molecular weight excluding hydrogens is 318 g/mol. The second-order valence-electron chi connectivity index (χ2n) is 6.67. The lowest BCUT2D eigenvalue weighted by Crippen LogP contribution is -2.42. The van der Waals surface area contributed by atoms with Crippen molar-refractivity contribution in [2.75, 3.05) is 59.1 Å². The average molecular weight is 347 g/mol. The molecule has 0 aliphatic carbocycles. The Labute approximate surface area is 150 Å². The van der Waals surface area contributed by atoms with Crippen molar-refractivity contribution in [2.24, 2.45) is 0 Å². The number of hydrogen-bond acceptors (Lipinski definition) is 5. The number of rotatable bonds is 7. The third kappa shape index (κ3) is 5.42. The molecule has 2 heterocycles. The number of carbonyl (C=O) groups excluding carboxylic acids is 1. The van der Waals surface area contributed by atoms with E-state index < -0.39 is 0 Å². The van der Waals surface area contributed by atoms with Crippen molar-refractivity contribution < 1.29 is 14.3 Å². The van der Waals surface area contributed by atoms with E-state index in [9.17, 15) is 4.79 Å². The Kier molecular flexibility index (Phi) is 6.67. The molecule has 3 rings (SSSR count). The van der Waals surface area contributed by atoms with Crippen molar-refractivity contribution >= 4 is 5.91 Å². The Morgan fingerprint density at radius 3 is 2.84 bits per heavy atom. The lowest BCUT2D eigenvalue weighted by Gasteiger charge is -2.28. The van der Waals surface area contributed by atoms with Gasteiger partial charge in [0.2, 0.25) is 0 Å². The average Bonchev–Trinajstić information content (AvgIpc) is 3.09.